The van der Waals surface area contributed by atoms with Crippen molar-refractivity contribution in [3.05, 3.63) is 29.8 Å². The first-order chi connectivity index (χ1) is 8.86. The lowest BCUT2D eigenvalue weighted by atomic mass is 10.2. The summed E-state index contributed by atoms with van der Waals surface area (Å²) in [5, 5.41) is 0. The molecule has 1 aromatic rings. The lowest BCUT2D eigenvalue weighted by Crippen LogP contribution is -2.27. The molecule has 0 bridgehead atoms. The van der Waals surface area contributed by atoms with Gasteiger partial charge < -0.3 is 4.74 Å². The molecule has 1 rings (SSSR count). The van der Waals surface area contributed by atoms with Crippen molar-refractivity contribution < 1.29 is 22.7 Å². The summed E-state index contributed by atoms with van der Waals surface area (Å²) in [5.74, 6) is 0. The van der Waals surface area contributed by atoms with Crippen molar-refractivity contribution in [1.29, 1.82) is 0 Å². The molecule has 0 saturated carbocycles. The van der Waals surface area contributed by atoms with Crippen molar-refractivity contribution in [3.8, 4) is 0 Å². The Morgan fingerprint density at radius 2 is 1.84 bits per heavy atom. The highest BCUT2D eigenvalue weighted by atomic mass is 19.4. The Morgan fingerprint density at radius 1 is 1.26 bits per heavy atom. The molecule has 3 nitrogen and oxygen atoms in total. The number of alkyl halides is 3. The number of ether oxygens (including phenoxy) is 1. The topological polar surface area (TPSA) is 29.5 Å². The number of carbonyl (C=O) groups excluding carboxylic acids is 1. The van der Waals surface area contributed by atoms with E-state index in [1.54, 1.807) is 0 Å². The van der Waals surface area contributed by atoms with E-state index in [2.05, 4.69) is 0 Å². The molecular formula is C13H16F3NO2. The van der Waals surface area contributed by atoms with E-state index in [-0.39, 0.29) is 0 Å². The van der Waals surface area contributed by atoms with Crippen LogP contribution in [-0.4, -0.2) is 19.7 Å². The molecule has 0 saturated heterocycles. The predicted octanol–water partition coefficient (Wildman–Crippen LogP) is 4.08. The summed E-state index contributed by atoms with van der Waals surface area (Å²) < 4.78 is 42.1. The first kappa shape index (κ1) is 15.3. The number of nitrogens with zero attached hydrogens (tertiary/aromatic N) is 1. The van der Waals surface area contributed by atoms with Gasteiger partial charge in [0.05, 0.1) is 12.2 Å². The maximum Gasteiger partial charge on any atom is 0.416 e. The molecule has 0 radical (unpaired) electrons. The zero-order chi connectivity index (χ0) is 14.5. The summed E-state index contributed by atoms with van der Waals surface area (Å²) in [6.07, 6.45) is -3.30. The largest absolute Gasteiger partial charge is 0.449 e. The average molecular weight is 275 g/mol. The highest BCUT2D eigenvalue weighted by Gasteiger charge is 2.30. The standard InChI is InChI=1S/C13H16F3NO2/c1-3-4-9-19-12(18)17(2)11-7-5-10(6-8-11)13(14,15)16/h5-8H,3-4,9H2,1-2H3. The van der Waals surface area contributed by atoms with Gasteiger partial charge in [-0.15, -0.1) is 0 Å². The normalized spacial score (nSPS) is 11.2. The number of unbranched alkanes of at least 4 members (excludes halogenated alkanes) is 1. The van der Waals surface area contributed by atoms with Crippen LogP contribution >= 0.6 is 0 Å². The van der Waals surface area contributed by atoms with Gasteiger partial charge in [0.25, 0.3) is 0 Å². The van der Waals surface area contributed by atoms with E-state index in [9.17, 15) is 18.0 Å². The monoisotopic (exact) mass is 275 g/mol. The number of carbonyl (C=O) groups is 1. The Morgan fingerprint density at radius 3 is 2.32 bits per heavy atom. The smallest absolute Gasteiger partial charge is 0.416 e. The second-order valence-corrected chi connectivity index (χ2v) is 4.07. The van der Waals surface area contributed by atoms with Crippen LogP contribution in [0.3, 0.4) is 0 Å². The molecular weight excluding hydrogens is 259 g/mol. The van der Waals surface area contributed by atoms with Crippen molar-refractivity contribution >= 4 is 11.8 Å². The van der Waals surface area contributed by atoms with Crippen LogP contribution in [-0.2, 0) is 10.9 Å². The van der Waals surface area contributed by atoms with E-state index < -0.39 is 17.8 Å². The van der Waals surface area contributed by atoms with Crippen LogP contribution in [0.4, 0.5) is 23.7 Å². The zero-order valence-corrected chi connectivity index (χ0v) is 10.8. The van der Waals surface area contributed by atoms with Crippen LogP contribution in [0.1, 0.15) is 25.3 Å². The van der Waals surface area contributed by atoms with Crippen molar-refractivity contribution in [2.75, 3.05) is 18.6 Å². The van der Waals surface area contributed by atoms with Crippen LogP contribution in [0.15, 0.2) is 24.3 Å². The molecule has 0 spiro atoms. The zero-order valence-electron chi connectivity index (χ0n) is 10.8. The van der Waals surface area contributed by atoms with Gasteiger partial charge in [-0.25, -0.2) is 4.79 Å². The van der Waals surface area contributed by atoms with E-state index in [0.717, 1.165) is 25.0 Å². The minimum absolute atomic E-state index is 0.306. The van der Waals surface area contributed by atoms with Crippen molar-refractivity contribution in [2.24, 2.45) is 0 Å². The second kappa shape index (κ2) is 6.45. The van der Waals surface area contributed by atoms with Gasteiger partial charge in [0.15, 0.2) is 0 Å². The van der Waals surface area contributed by atoms with Gasteiger partial charge in [-0.1, -0.05) is 13.3 Å². The summed E-state index contributed by atoms with van der Waals surface area (Å²) >= 11 is 0. The maximum atomic E-state index is 12.4. The van der Waals surface area contributed by atoms with E-state index in [1.807, 2.05) is 6.92 Å². The number of benzene rings is 1. The molecule has 19 heavy (non-hydrogen) atoms. The van der Waals surface area contributed by atoms with Gasteiger partial charge >= 0.3 is 12.3 Å². The fourth-order valence-electron chi connectivity index (χ4n) is 1.38. The molecule has 0 fully saturated rings. The highest BCUT2D eigenvalue weighted by Crippen LogP contribution is 2.30. The number of halogens is 3. The molecule has 0 aromatic heterocycles. The van der Waals surface area contributed by atoms with Crippen molar-refractivity contribution in [3.63, 3.8) is 0 Å². The molecule has 106 valence electrons. The Bertz CT molecular complexity index is 415. The summed E-state index contributed by atoms with van der Waals surface area (Å²) in [7, 11) is 1.46. The number of hydrogen-bond acceptors (Lipinski definition) is 2. The molecule has 1 amide bonds. The van der Waals surface area contributed by atoms with Gasteiger partial charge in [0.1, 0.15) is 0 Å². The summed E-state index contributed by atoms with van der Waals surface area (Å²) in [4.78, 5) is 12.8. The van der Waals surface area contributed by atoms with Crippen LogP contribution in [0.25, 0.3) is 0 Å². The van der Waals surface area contributed by atoms with Gasteiger partial charge in [0, 0.05) is 12.7 Å². The van der Waals surface area contributed by atoms with Gasteiger partial charge in [-0.05, 0) is 30.7 Å². The van der Waals surface area contributed by atoms with E-state index in [1.165, 1.54) is 24.1 Å². The van der Waals surface area contributed by atoms with Gasteiger partial charge in [-0.3, -0.25) is 4.90 Å². The van der Waals surface area contributed by atoms with Crippen molar-refractivity contribution in [1.82, 2.24) is 0 Å². The first-order valence-corrected chi connectivity index (χ1v) is 5.94. The lowest BCUT2D eigenvalue weighted by molar-refractivity contribution is -0.137. The minimum Gasteiger partial charge on any atom is -0.449 e. The molecule has 0 unspecified atom stereocenters. The van der Waals surface area contributed by atoms with Crippen LogP contribution in [0.2, 0.25) is 0 Å². The lowest BCUT2D eigenvalue weighted by Gasteiger charge is -2.17. The highest BCUT2D eigenvalue weighted by molar-refractivity contribution is 5.86. The molecule has 0 heterocycles. The van der Waals surface area contributed by atoms with E-state index >= 15 is 0 Å². The maximum absolute atomic E-state index is 12.4. The first-order valence-electron chi connectivity index (χ1n) is 5.94. The summed E-state index contributed by atoms with van der Waals surface area (Å²) in [6, 6.07) is 4.35. The second-order valence-electron chi connectivity index (χ2n) is 4.07. The Labute approximate surface area is 110 Å². The molecule has 0 aliphatic carbocycles. The van der Waals surface area contributed by atoms with E-state index in [0.29, 0.717) is 12.3 Å². The Balaban J connectivity index is 2.67. The van der Waals surface area contributed by atoms with Gasteiger partial charge in [0.2, 0.25) is 0 Å². The van der Waals surface area contributed by atoms with Crippen molar-refractivity contribution in [2.45, 2.75) is 25.9 Å². The molecule has 0 aliphatic heterocycles. The van der Waals surface area contributed by atoms with Crippen LogP contribution < -0.4 is 4.90 Å². The average Bonchev–Trinajstić information content (AvgIpc) is 2.37. The summed E-state index contributed by atoms with van der Waals surface area (Å²) in [6.45, 7) is 2.27. The molecule has 0 aliphatic rings. The number of hydrogen-bond donors (Lipinski definition) is 0. The molecule has 0 atom stereocenters. The fraction of sp³-hybridized carbons (Fsp3) is 0.462. The Kier molecular flexibility index (Phi) is 5.20. The van der Waals surface area contributed by atoms with Crippen LogP contribution in [0, 0.1) is 0 Å². The number of rotatable bonds is 4. The van der Waals surface area contributed by atoms with Gasteiger partial charge in [-0.2, -0.15) is 13.2 Å². The third-order valence-electron chi connectivity index (χ3n) is 2.58. The van der Waals surface area contributed by atoms with Crippen LogP contribution in [0.5, 0.6) is 0 Å². The SMILES string of the molecule is CCCCOC(=O)N(C)c1ccc(C(F)(F)F)cc1. The molecule has 1 aromatic carbocycles. The third-order valence-corrected chi connectivity index (χ3v) is 2.58. The molecule has 0 N–H and O–H groups in total. The predicted molar refractivity (Wildman–Crippen MR) is 66.1 cm³/mol. The fourth-order valence-corrected chi connectivity index (χ4v) is 1.38. The third kappa shape index (κ3) is 4.46. The quantitative estimate of drug-likeness (QED) is 0.775. The number of anilines is 1. The van der Waals surface area contributed by atoms with E-state index in [4.69, 9.17) is 4.74 Å². The Hall–Kier alpha value is -1.72. The number of amides is 1. The minimum atomic E-state index is -4.38. The summed E-state index contributed by atoms with van der Waals surface area (Å²) in [5.41, 5.74) is -0.390. The molecule has 6 heteroatoms.